The van der Waals surface area contributed by atoms with E-state index in [4.69, 9.17) is 5.26 Å². The van der Waals surface area contributed by atoms with Gasteiger partial charge in [-0.15, -0.1) is 0 Å². The number of nitrogens with one attached hydrogen (secondary N) is 2. The first kappa shape index (κ1) is 30.2. The summed E-state index contributed by atoms with van der Waals surface area (Å²) in [7, 11) is 3.83. The van der Waals surface area contributed by atoms with Crippen LogP contribution >= 0.6 is 12.6 Å². The Kier molecular flexibility index (Phi) is 12.5. The lowest BCUT2D eigenvalue weighted by atomic mass is 9.90. The molecule has 3 rings (SSSR count). The number of halogens is 3. The number of alkyl halides is 3. The van der Waals surface area contributed by atoms with Crippen LogP contribution in [0.15, 0.2) is 42.5 Å². The molecule has 0 saturated heterocycles. The highest BCUT2D eigenvalue weighted by Crippen LogP contribution is 2.34. The van der Waals surface area contributed by atoms with Crippen LogP contribution in [-0.4, -0.2) is 38.3 Å². The Balaban J connectivity index is 0.00000145. The minimum atomic E-state index is -4.57. The van der Waals surface area contributed by atoms with E-state index < -0.39 is 11.7 Å². The fourth-order valence-corrected chi connectivity index (χ4v) is 3.78. The Morgan fingerprint density at radius 2 is 1.63 bits per heavy atom. The number of hydrogen-bond donors (Lipinski definition) is 3. The molecule has 0 aliphatic heterocycles. The van der Waals surface area contributed by atoms with Crippen LogP contribution in [0.2, 0.25) is 0 Å². The number of amides is 1. The van der Waals surface area contributed by atoms with E-state index in [1.54, 1.807) is 18.4 Å². The summed E-state index contributed by atoms with van der Waals surface area (Å²) >= 11 is 3.53. The largest absolute Gasteiger partial charge is 0.417 e. The van der Waals surface area contributed by atoms with E-state index in [1.807, 2.05) is 51.0 Å². The Morgan fingerprint density at radius 3 is 2.17 bits per heavy atom. The molecule has 1 aliphatic rings. The van der Waals surface area contributed by atoms with Gasteiger partial charge in [-0.1, -0.05) is 19.9 Å². The van der Waals surface area contributed by atoms with Crippen molar-refractivity contribution in [3.63, 3.8) is 0 Å². The maximum Gasteiger partial charge on any atom is 0.417 e. The van der Waals surface area contributed by atoms with Gasteiger partial charge in [0.15, 0.2) is 0 Å². The maximum absolute atomic E-state index is 13.2. The molecule has 1 amide bonds. The maximum atomic E-state index is 13.2. The fourth-order valence-electron chi connectivity index (χ4n) is 3.78. The highest BCUT2D eigenvalue weighted by molar-refractivity contribution is 7.79. The van der Waals surface area contributed by atoms with Crippen LogP contribution in [0.4, 0.5) is 24.5 Å². The molecule has 192 valence electrons. The zero-order valence-corrected chi connectivity index (χ0v) is 21.8. The highest BCUT2D eigenvalue weighted by Gasteiger charge is 2.34. The van der Waals surface area contributed by atoms with Crippen LogP contribution in [0.25, 0.3) is 0 Å². The smallest absolute Gasteiger partial charge is 0.382 e. The van der Waals surface area contributed by atoms with Crippen molar-refractivity contribution in [2.45, 2.75) is 57.8 Å². The number of benzene rings is 2. The Hall–Kier alpha value is -2.86. The molecular formula is C26H35F3N4OS. The number of carbonyl (C=O) groups is 1. The van der Waals surface area contributed by atoms with E-state index in [9.17, 15) is 18.0 Å². The lowest BCUT2D eigenvalue weighted by molar-refractivity contribution is -0.137. The molecule has 1 saturated carbocycles. The minimum Gasteiger partial charge on any atom is -0.382 e. The number of carbonyl (C=O) groups excluding carboxylic acids is 1. The molecule has 0 heterocycles. The second kappa shape index (κ2) is 14.5. The molecule has 0 aromatic heterocycles. The lowest BCUT2D eigenvalue weighted by Gasteiger charge is -2.30. The van der Waals surface area contributed by atoms with Gasteiger partial charge in [-0.2, -0.15) is 31.1 Å². The summed E-state index contributed by atoms with van der Waals surface area (Å²) in [6.45, 7) is 4.00. The fraction of sp³-hybridized carbons (Fsp3) is 0.462. The molecular weight excluding hydrogens is 473 g/mol. The standard InChI is InChI=1S/C23H25F3N4O.C2H6.CH4S/c1-30(2)20-5-3-4-15(12-20)22(31)29-18-10-8-17(9-11-18)28-19-7-6-16(14-27)21(13-19)23(24,25)26;2*1-2/h3-7,12-13,17-18,28H,8-11H2,1-2H3,(H,29,31);1-2H3;2H,1H3. The summed E-state index contributed by atoms with van der Waals surface area (Å²) in [4.78, 5) is 14.5. The van der Waals surface area contributed by atoms with Gasteiger partial charge in [0.1, 0.15) is 0 Å². The number of hydrogen-bond acceptors (Lipinski definition) is 5. The van der Waals surface area contributed by atoms with Gasteiger partial charge in [0.2, 0.25) is 0 Å². The molecule has 0 bridgehead atoms. The van der Waals surface area contributed by atoms with E-state index in [0.717, 1.165) is 37.4 Å². The summed E-state index contributed by atoms with van der Waals surface area (Å²) in [5.41, 5.74) is 0.577. The zero-order valence-electron chi connectivity index (χ0n) is 20.9. The molecule has 0 radical (unpaired) electrons. The molecule has 0 atom stereocenters. The molecule has 0 spiro atoms. The summed E-state index contributed by atoms with van der Waals surface area (Å²) < 4.78 is 39.5. The molecule has 1 aliphatic carbocycles. The van der Waals surface area contributed by atoms with Crippen molar-refractivity contribution in [1.29, 1.82) is 5.26 Å². The number of nitrogens with zero attached hydrogens (tertiary/aromatic N) is 2. The lowest BCUT2D eigenvalue weighted by Crippen LogP contribution is -2.40. The summed E-state index contributed by atoms with van der Waals surface area (Å²) in [5.74, 6) is -0.123. The van der Waals surface area contributed by atoms with Crippen molar-refractivity contribution in [3.05, 3.63) is 59.2 Å². The Bertz CT molecular complexity index is 981. The topological polar surface area (TPSA) is 68.2 Å². The molecule has 2 aromatic carbocycles. The average Bonchev–Trinajstić information content (AvgIpc) is 2.87. The first-order chi connectivity index (χ1) is 16.7. The normalized spacial score (nSPS) is 16.9. The van der Waals surface area contributed by atoms with E-state index in [1.165, 1.54) is 12.1 Å². The molecule has 9 heteroatoms. The SMILES string of the molecule is CC.CN(C)c1cccc(C(=O)NC2CCC(Nc3ccc(C#N)c(C(F)(F)F)c3)CC2)c1.CS. The first-order valence-electron chi connectivity index (χ1n) is 11.6. The van der Waals surface area contributed by atoms with Gasteiger partial charge >= 0.3 is 6.18 Å². The third-order valence-corrected chi connectivity index (χ3v) is 5.50. The van der Waals surface area contributed by atoms with Crippen LogP contribution in [0.1, 0.15) is 61.0 Å². The summed E-state index contributed by atoms with van der Waals surface area (Å²) in [6.07, 6.45) is 0.0427. The van der Waals surface area contributed by atoms with Crippen molar-refractivity contribution >= 4 is 29.9 Å². The van der Waals surface area contributed by atoms with E-state index in [0.29, 0.717) is 11.3 Å². The van der Waals surface area contributed by atoms with Crippen molar-refractivity contribution in [3.8, 4) is 6.07 Å². The van der Waals surface area contributed by atoms with Crippen LogP contribution < -0.4 is 15.5 Å². The van der Waals surface area contributed by atoms with Crippen molar-refractivity contribution < 1.29 is 18.0 Å². The molecule has 5 nitrogen and oxygen atoms in total. The van der Waals surface area contributed by atoms with E-state index in [-0.39, 0.29) is 23.6 Å². The van der Waals surface area contributed by atoms with Gasteiger partial charge in [-0.25, -0.2) is 0 Å². The van der Waals surface area contributed by atoms with Gasteiger partial charge in [-0.3, -0.25) is 4.79 Å². The van der Waals surface area contributed by atoms with Crippen LogP contribution in [0.3, 0.4) is 0 Å². The number of nitriles is 1. The highest BCUT2D eigenvalue weighted by atomic mass is 32.1. The van der Waals surface area contributed by atoms with E-state index in [2.05, 4.69) is 23.3 Å². The van der Waals surface area contributed by atoms with Gasteiger partial charge < -0.3 is 15.5 Å². The van der Waals surface area contributed by atoms with Crippen molar-refractivity contribution in [2.24, 2.45) is 0 Å². The van der Waals surface area contributed by atoms with Gasteiger partial charge in [0, 0.05) is 43.1 Å². The monoisotopic (exact) mass is 508 g/mol. The Morgan fingerprint density at radius 1 is 1.03 bits per heavy atom. The van der Waals surface area contributed by atoms with Crippen LogP contribution in [-0.2, 0) is 6.18 Å². The van der Waals surface area contributed by atoms with Crippen molar-refractivity contribution in [1.82, 2.24) is 5.32 Å². The van der Waals surface area contributed by atoms with Crippen molar-refractivity contribution in [2.75, 3.05) is 30.6 Å². The molecule has 0 unspecified atom stereocenters. The zero-order chi connectivity index (χ0) is 26.6. The number of rotatable bonds is 5. The quantitative estimate of drug-likeness (QED) is 0.411. The third-order valence-electron chi connectivity index (χ3n) is 5.50. The predicted octanol–water partition coefficient (Wildman–Crippen LogP) is 6.37. The van der Waals surface area contributed by atoms with E-state index >= 15 is 0 Å². The van der Waals surface area contributed by atoms with Gasteiger partial charge in [0.25, 0.3) is 5.91 Å². The molecule has 1 fully saturated rings. The summed E-state index contributed by atoms with van der Waals surface area (Å²) in [5, 5.41) is 15.1. The second-order valence-corrected chi connectivity index (χ2v) is 7.98. The Labute approximate surface area is 212 Å². The van der Waals surface area contributed by atoms with Gasteiger partial charge in [0.05, 0.1) is 17.2 Å². The van der Waals surface area contributed by atoms with Crippen LogP contribution in [0.5, 0.6) is 0 Å². The first-order valence-corrected chi connectivity index (χ1v) is 12.5. The average molecular weight is 509 g/mol. The number of thiol groups is 1. The summed E-state index contributed by atoms with van der Waals surface area (Å²) in [6, 6.07) is 12.7. The van der Waals surface area contributed by atoms with Gasteiger partial charge in [-0.05, 0) is 68.3 Å². The van der Waals surface area contributed by atoms with Crippen LogP contribution in [0, 0.1) is 11.3 Å². The number of anilines is 2. The molecule has 2 aromatic rings. The molecule has 2 N–H and O–H groups in total. The molecule has 35 heavy (non-hydrogen) atoms. The third kappa shape index (κ3) is 9.02. The predicted molar refractivity (Wildman–Crippen MR) is 140 cm³/mol. The minimum absolute atomic E-state index is 0.0132. The second-order valence-electron chi connectivity index (χ2n) is 7.98.